The van der Waals surface area contributed by atoms with E-state index in [1.165, 1.54) is 30.6 Å². The highest BCUT2D eigenvalue weighted by Crippen LogP contribution is 2.48. The van der Waals surface area contributed by atoms with Gasteiger partial charge in [0.25, 0.3) is 0 Å². The third-order valence-electron chi connectivity index (χ3n) is 4.06. The molecule has 3 atom stereocenters. The normalized spacial score (nSPS) is 31.5. The molecular weight excluding hydrogens is 206 g/mol. The summed E-state index contributed by atoms with van der Waals surface area (Å²) in [6.45, 7) is 0.688. The zero-order valence-electron chi connectivity index (χ0n) is 9.61. The molecule has 2 rings (SSSR count). The van der Waals surface area contributed by atoms with Gasteiger partial charge in [0.1, 0.15) is 0 Å². The fraction of sp³-hybridized carbons (Fsp3) is 0.818. The number of fused-ring (bicyclic) bond motifs is 2. The second-order valence-electron chi connectivity index (χ2n) is 5.09. The highest BCUT2D eigenvalue weighted by molar-refractivity contribution is 6.34. The fourth-order valence-corrected chi connectivity index (χ4v) is 3.27. The van der Waals surface area contributed by atoms with Crippen molar-refractivity contribution in [1.82, 2.24) is 10.3 Å². The first kappa shape index (κ1) is 11.4. The summed E-state index contributed by atoms with van der Waals surface area (Å²) in [6, 6.07) is 0. The monoisotopic (exact) mass is 225 g/mol. The molecule has 0 aromatic rings. The summed E-state index contributed by atoms with van der Waals surface area (Å²) in [4.78, 5) is 24.1. The lowest BCUT2D eigenvalue weighted by Crippen LogP contribution is -2.45. The minimum atomic E-state index is -0.731. The summed E-state index contributed by atoms with van der Waals surface area (Å²) in [5.74, 6) is 5.87. The number of nitrogens with zero attached hydrogens (tertiary/aromatic N) is 1. The van der Waals surface area contributed by atoms with Gasteiger partial charge in [-0.25, -0.2) is 5.84 Å². The molecule has 0 aromatic carbocycles. The Balaban J connectivity index is 1.85. The average molecular weight is 225 g/mol. The molecule has 2 aliphatic rings. The van der Waals surface area contributed by atoms with Crippen molar-refractivity contribution in [2.75, 3.05) is 13.6 Å². The second kappa shape index (κ2) is 4.41. The van der Waals surface area contributed by atoms with E-state index in [9.17, 15) is 9.59 Å². The molecule has 2 fully saturated rings. The molecule has 3 N–H and O–H groups in total. The van der Waals surface area contributed by atoms with E-state index in [0.717, 1.165) is 11.8 Å². The van der Waals surface area contributed by atoms with Gasteiger partial charge in [-0.15, -0.1) is 0 Å². The van der Waals surface area contributed by atoms with E-state index >= 15 is 0 Å². The van der Waals surface area contributed by atoms with Crippen LogP contribution in [-0.4, -0.2) is 30.3 Å². The van der Waals surface area contributed by atoms with E-state index in [-0.39, 0.29) is 0 Å². The van der Waals surface area contributed by atoms with E-state index < -0.39 is 11.8 Å². The van der Waals surface area contributed by atoms with Gasteiger partial charge in [-0.2, -0.15) is 0 Å². The molecule has 2 aliphatic carbocycles. The zero-order chi connectivity index (χ0) is 11.7. The predicted octanol–water partition coefficient (Wildman–Crippen LogP) is -0.129. The first-order chi connectivity index (χ1) is 7.61. The van der Waals surface area contributed by atoms with Gasteiger partial charge < -0.3 is 4.90 Å². The van der Waals surface area contributed by atoms with Crippen LogP contribution >= 0.6 is 0 Å². The third-order valence-corrected chi connectivity index (χ3v) is 4.06. The standard InChI is InChI=1S/C11H19N3O2/c1-14(11(16)10(15)13-12)6-9-5-7-2-3-8(9)4-7/h7-9H,2-6,12H2,1H3,(H,13,15). The molecule has 0 aromatic heterocycles. The summed E-state index contributed by atoms with van der Waals surface area (Å²) in [5, 5.41) is 0. The van der Waals surface area contributed by atoms with Gasteiger partial charge in [-0.3, -0.25) is 15.0 Å². The lowest BCUT2D eigenvalue weighted by molar-refractivity contribution is -0.145. The van der Waals surface area contributed by atoms with Crippen LogP contribution in [0.15, 0.2) is 0 Å². The van der Waals surface area contributed by atoms with Crippen molar-refractivity contribution in [3.8, 4) is 0 Å². The molecule has 2 amide bonds. The molecular formula is C11H19N3O2. The van der Waals surface area contributed by atoms with E-state index in [0.29, 0.717) is 12.5 Å². The summed E-state index contributed by atoms with van der Waals surface area (Å²) in [5.41, 5.74) is 1.87. The maximum Gasteiger partial charge on any atom is 0.323 e. The Morgan fingerprint density at radius 3 is 2.62 bits per heavy atom. The molecule has 0 heterocycles. The molecule has 2 bridgehead atoms. The second-order valence-corrected chi connectivity index (χ2v) is 5.09. The van der Waals surface area contributed by atoms with Crippen molar-refractivity contribution < 1.29 is 9.59 Å². The van der Waals surface area contributed by atoms with Gasteiger partial charge >= 0.3 is 11.8 Å². The SMILES string of the molecule is CN(CC1CC2CCC1C2)C(=O)C(=O)NN. The quantitative estimate of drug-likeness (QED) is 0.297. The molecule has 0 saturated heterocycles. The van der Waals surface area contributed by atoms with E-state index in [2.05, 4.69) is 0 Å². The molecule has 2 saturated carbocycles. The maximum absolute atomic E-state index is 11.5. The van der Waals surface area contributed by atoms with Crippen molar-refractivity contribution in [3.05, 3.63) is 0 Å². The summed E-state index contributed by atoms with van der Waals surface area (Å²) in [6.07, 6.45) is 5.17. The van der Waals surface area contributed by atoms with Gasteiger partial charge in [-0.05, 0) is 37.0 Å². The molecule has 5 nitrogen and oxygen atoms in total. The Morgan fingerprint density at radius 1 is 1.38 bits per heavy atom. The number of amides is 2. The van der Waals surface area contributed by atoms with Gasteiger partial charge in [0, 0.05) is 13.6 Å². The average Bonchev–Trinajstić information content (AvgIpc) is 2.88. The third kappa shape index (κ3) is 2.04. The van der Waals surface area contributed by atoms with Crippen LogP contribution in [0, 0.1) is 17.8 Å². The molecule has 0 radical (unpaired) electrons. The Bertz CT molecular complexity index is 306. The summed E-state index contributed by atoms with van der Waals surface area (Å²) < 4.78 is 0. The fourth-order valence-electron chi connectivity index (χ4n) is 3.27. The number of nitrogens with one attached hydrogen (secondary N) is 1. The Labute approximate surface area is 95.3 Å². The lowest BCUT2D eigenvalue weighted by Gasteiger charge is -2.26. The van der Waals surface area contributed by atoms with Crippen LogP contribution in [0.25, 0.3) is 0 Å². The van der Waals surface area contributed by atoms with Gasteiger partial charge in [0.15, 0.2) is 0 Å². The molecule has 3 unspecified atom stereocenters. The number of carbonyl (C=O) groups excluding carboxylic acids is 2. The van der Waals surface area contributed by atoms with Crippen LogP contribution in [0.4, 0.5) is 0 Å². The first-order valence-corrected chi connectivity index (χ1v) is 5.88. The first-order valence-electron chi connectivity index (χ1n) is 5.88. The predicted molar refractivity (Wildman–Crippen MR) is 58.9 cm³/mol. The molecule has 0 aliphatic heterocycles. The smallest absolute Gasteiger partial charge is 0.323 e. The Kier molecular flexibility index (Phi) is 3.14. The van der Waals surface area contributed by atoms with E-state index in [1.54, 1.807) is 7.05 Å². The van der Waals surface area contributed by atoms with E-state index in [4.69, 9.17) is 5.84 Å². The van der Waals surface area contributed by atoms with Crippen LogP contribution in [0.1, 0.15) is 25.7 Å². The van der Waals surface area contributed by atoms with Crippen molar-refractivity contribution in [3.63, 3.8) is 0 Å². The van der Waals surface area contributed by atoms with Crippen molar-refractivity contribution in [2.45, 2.75) is 25.7 Å². The summed E-state index contributed by atoms with van der Waals surface area (Å²) >= 11 is 0. The number of likely N-dealkylation sites (N-methyl/N-ethyl adjacent to an activating group) is 1. The van der Waals surface area contributed by atoms with Gasteiger partial charge in [0.05, 0.1) is 0 Å². The van der Waals surface area contributed by atoms with Crippen LogP contribution < -0.4 is 11.3 Å². The number of hydrogen-bond donors (Lipinski definition) is 2. The van der Waals surface area contributed by atoms with Crippen molar-refractivity contribution in [2.24, 2.45) is 23.6 Å². The minimum Gasteiger partial charge on any atom is -0.337 e. The highest BCUT2D eigenvalue weighted by Gasteiger charge is 2.40. The zero-order valence-corrected chi connectivity index (χ0v) is 9.61. The largest absolute Gasteiger partial charge is 0.337 e. The van der Waals surface area contributed by atoms with Crippen molar-refractivity contribution >= 4 is 11.8 Å². The van der Waals surface area contributed by atoms with Crippen LogP contribution in [0.5, 0.6) is 0 Å². The topological polar surface area (TPSA) is 75.4 Å². The number of carbonyl (C=O) groups is 2. The van der Waals surface area contributed by atoms with Crippen LogP contribution in [-0.2, 0) is 9.59 Å². The molecule has 5 heteroatoms. The molecule has 90 valence electrons. The Morgan fingerprint density at radius 2 is 2.12 bits per heavy atom. The maximum atomic E-state index is 11.5. The van der Waals surface area contributed by atoms with Crippen molar-refractivity contribution in [1.29, 1.82) is 0 Å². The van der Waals surface area contributed by atoms with Gasteiger partial charge in [0.2, 0.25) is 0 Å². The van der Waals surface area contributed by atoms with Crippen LogP contribution in [0.3, 0.4) is 0 Å². The summed E-state index contributed by atoms with van der Waals surface area (Å²) in [7, 11) is 1.67. The lowest BCUT2D eigenvalue weighted by atomic mass is 9.88. The van der Waals surface area contributed by atoms with Gasteiger partial charge in [-0.1, -0.05) is 6.42 Å². The van der Waals surface area contributed by atoms with E-state index in [1.807, 2.05) is 5.43 Å². The van der Waals surface area contributed by atoms with Crippen LogP contribution in [0.2, 0.25) is 0 Å². The number of hydrazine groups is 1. The number of nitrogens with two attached hydrogens (primary N) is 1. The Hall–Kier alpha value is -1.10. The molecule has 0 spiro atoms. The number of rotatable bonds is 2. The molecule has 16 heavy (non-hydrogen) atoms. The minimum absolute atomic E-state index is 0.537. The highest BCUT2D eigenvalue weighted by atomic mass is 16.2. The number of hydrogen-bond acceptors (Lipinski definition) is 3.